The number of amides is 1. The predicted octanol–water partition coefficient (Wildman–Crippen LogP) is 1.21. The summed E-state index contributed by atoms with van der Waals surface area (Å²) in [7, 11) is -0.933. The third-order valence-electron chi connectivity index (χ3n) is 2.43. The van der Waals surface area contributed by atoms with Crippen molar-refractivity contribution >= 4 is 29.1 Å². The first-order chi connectivity index (χ1) is 8.72. The molecule has 3 N–H and O–H groups in total. The topological polar surface area (TPSA) is 72.2 Å². The number of halogens is 1. The van der Waals surface area contributed by atoms with E-state index in [1.807, 2.05) is 30.3 Å². The van der Waals surface area contributed by atoms with Crippen molar-refractivity contribution in [1.82, 2.24) is 5.32 Å². The number of carbonyl (C=O) groups excluding carboxylic acids is 1. The number of nitrogens with two attached hydrogens (primary N) is 1. The second-order valence-corrected chi connectivity index (χ2v) is 5.59. The molecule has 108 valence electrons. The zero-order chi connectivity index (χ0) is 13.2. The van der Waals surface area contributed by atoms with Crippen LogP contribution in [0.3, 0.4) is 0 Å². The molecule has 0 radical (unpaired) electrons. The zero-order valence-electron chi connectivity index (χ0n) is 10.8. The van der Waals surface area contributed by atoms with Crippen LogP contribution in [0.1, 0.15) is 18.4 Å². The highest BCUT2D eigenvalue weighted by Gasteiger charge is 2.03. The fourth-order valence-electron chi connectivity index (χ4n) is 1.49. The van der Waals surface area contributed by atoms with Crippen LogP contribution in [0.2, 0.25) is 0 Å². The molecule has 1 rings (SSSR count). The lowest BCUT2D eigenvalue weighted by Gasteiger charge is -2.05. The third kappa shape index (κ3) is 8.75. The molecule has 19 heavy (non-hydrogen) atoms. The fourth-order valence-corrected chi connectivity index (χ4v) is 2.53. The van der Waals surface area contributed by atoms with E-state index >= 15 is 0 Å². The van der Waals surface area contributed by atoms with E-state index in [0.717, 1.165) is 5.56 Å². The summed E-state index contributed by atoms with van der Waals surface area (Å²) in [6.07, 6.45) is 1.14. The molecule has 6 heteroatoms. The van der Waals surface area contributed by atoms with E-state index in [1.165, 1.54) is 0 Å². The van der Waals surface area contributed by atoms with Gasteiger partial charge in [-0.25, -0.2) is 0 Å². The Hall–Kier alpha value is -0.910. The summed E-state index contributed by atoms with van der Waals surface area (Å²) in [5, 5.41) is 2.75. The third-order valence-corrected chi connectivity index (χ3v) is 3.75. The van der Waals surface area contributed by atoms with Gasteiger partial charge in [0.25, 0.3) is 0 Å². The Labute approximate surface area is 123 Å². The number of hydrogen-bond donors (Lipinski definition) is 2. The summed E-state index contributed by atoms with van der Waals surface area (Å²) in [6.45, 7) is 0.982. The number of hydrogen-bond acceptors (Lipinski definition) is 3. The number of benzene rings is 1. The van der Waals surface area contributed by atoms with Crippen molar-refractivity contribution in [2.75, 3.05) is 18.8 Å². The lowest BCUT2D eigenvalue weighted by Crippen LogP contribution is -2.28. The van der Waals surface area contributed by atoms with Crippen LogP contribution in [0.4, 0.5) is 0 Å². The molecule has 4 nitrogen and oxygen atoms in total. The zero-order valence-corrected chi connectivity index (χ0v) is 12.5. The molecule has 0 bridgehead atoms. The molecular weight excluding hydrogens is 284 g/mol. The Morgan fingerprint density at radius 1 is 1.26 bits per heavy atom. The Morgan fingerprint density at radius 2 is 1.95 bits per heavy atom. The molecule has 0 saturated heterocycles. The van der Waals surface area contributed by atoms with E-state index in [9.17, 15) is 9.00 Å². The van der Waals surface area contributed by atoms with E-state index < -0.39 is 10.8 Å². The largest absolute Gasteiger partial charge is 0.355 e. The Kier molecular flexibility index (Phi) is 10.4. The first kappa shape index (κ1) is 18.1. The van der Waals surface area contributed by atoms with Crippen molar-refractivity contribution in [2.45, 2.75) is 18.6 Å². The normalized spacial score (nSPS) is 11.4. The summed E-state index contributed by atoms with van der Waals surface area (Å²) < 4.78 is 11.7. The molecule has 0 heterocycles. The highest BCUT2D eigenvalue weighted by Crippen LogP contribution is 2.02. The second kappa shape index (κ2) is 11.0. The Balaban J connectivity index is 0.00000324. The molecule has 1 unspecified atom stereocenters. The van der Waals surface area contributed by atoms with Gasteiger partial charge in [0.15, 0.2) is 0 Å². The quantitative estimate of drug-likeness (QED) is 0.758. The van der Waals surface area contributed by atoms with Gasteiger partial charge in [-0.1, -0.05) is 30.3 Å². The molecule has 1 atom stereocenters. The van der Waals surface area contributed by atoms with Crippen LogP contribution in [-0.2, 0) is 21.3 Å². The Bertz CT molecular complexity index is 387. The average Bonchev–Trinajstić information content (AvgIpc) is 2.37. The van der Waals surface area contributed by atoms with Crippen LogP contribution >= 0.6 is 12.4 Å². The van der Waals surface area contributed by atoms with Gasteiger partial charge >= 0.3 is 0 Å². The first-order valence-corrected chi connectivity index (χ1v) is 7.57. The summed E-state index contributed by atoms with van der Waals surface area (Å²) >= 11 is 0. The monoisotopic (exact) mass is 304 g/mol. The minimum absolute atomic E-state index is 0. The number of carbonyl (C=O) groups is 1. The van der Waals surface area contributed by atoms with Gasteiger partial charge < -0.3 is 11.1 Å². The lowest BCUT2D eigenvalue weighted by atomic mass is 10.2. The van der Waals surface area contributed by atoms with Gasteiger partial charge in [0, 0.05) is 35.3 Å². The van der Waals surface area contributed by atoms with Gasteiger partial charge in [-0.2, -0.15) is 0 Å². The smallest absolute Gasteiger partial charge is 0.220 e. The van der Waals surface area contributed by atoms with Crippen LogP contribution in [0.25, 0.3) is 0 Å². The maximum atomic E-state index is 11.7. The van der Waals surface area contributed by atoms with Crippen LogP contribution < -0.4 is 11.1 Å². The molecule has 0 aliphatic carbocycles. The molecule has 0 aromatic heterocycles. The molecule has 1 aromatic rings. The van der Waals surface area contributed by atoms with Crippen LogP contribution in [0, 0.1) is 0 Å². The van der Waals surface area contributed by atoms with Gasteiger partial charge in [0.2, 0.25) is 5.91 Å². The van der Waals surface area contributed by atoms with E-state index in [1.54, 1.807) is 0 Å². The van der Waals surface area contributed by atoms with Crippen LogP contribution in [0.15, 0.2) is 30.3 Å². The van der Waals surface area contributed by atoms with E-state index in [-0.39, 0.29) is 18.3 Å². The fraction of sp³-hybridized carbons (Fsp3) is 0.462. The van der Waals surface area contributed by atoms with Crippen molar-refractivity contribution in [3.8, 4) is 0 Å². The molecule has 1 aromatic carbocycles. The molecule has 0 aliphatic heterocycles. The molecule has 1 amide bonds. The maximum absolute atomic E-state index is 11.7. The van der Waals surface area contributed by atoms with Gasteiger partial charge in [-0.3, -0.25) is 9.00 Å². The highest BCUT2D eigenvalue weighted by molar-refractivity contribution is 7.84. The Morgan fingerprint density at radius 3 is 2.58 bits per heavy atom. The van der Waals surface area contributed by atoms with Crippen molar-refractivity contribution in [3.63, 3.8) is 0 Å². The minimum atomic E-state index is -0.933. The van der Waals surface area contributed by atoms with E-state index in [2.05, 4.69) is 5.32 Å². The molecule has 0 saturated carbocycles. The van der Waals surface area contributed by atoms with Crippen molar-refractivity contribution < 1.29 is 9.00 Å². The number of nitrogens with one attached hydrogen (secondary N) is 1. The summed E-state index contributed by atoms with van der Waals surface area (Å²) in [5.74, 6) is 1.01. The second-order valence-electron chi connectivity index (χ2n) is 4.02. The first-order valence-electron chi connectivity index (χ1n) is 6.08. The molecule has 0 aliphatic rings. The van der Waals surface area contributed by atoms with Crippen LogP contribution in [-0.4, -0.2) is 29.0 Å². The molecule has 0 fully saturated rings. The SMILES string of the molecule is Cl.NCCCC(=O)NCCS(=O)Cc1ccccc1. The highest BCUT2D eigenvalue weighted by atomic mass is 35.5. The molecule has 0 spiro atoms. The van der Waals surface area contributed by atoms with Crippen molar-refractivity contribution in [1.29, 1.82) is 0 Å². The van der Waals surface area contributed by atoms with Gasteiger partial charge in [0.05, 0.1) is 0 Å². The summed E-state index contributed by atoms with van der Waals surface area (Å²) in [5.41, 5.74) is 6.37. The molecular formula is C13H21ClN2O2S. The number of rotatable bonds is 8. The van der Waals surface area contributed by atoms with Gasteiger partial charge in [-0.15, -0.1) is 12.4 Å². The van der Waals surface area contributed by atoms with Crippen molar-refractivity contribution in [3.05, 3.63) is 35.9 Å². The van der Waals surface area contributed by atoms with Gasteiger partial charge in [0.1, 0.15) is 0 Å². The van der Waals surface area contributed by atoms with Crippen molar-refractivity contribution in [2.24, 2.45) is 5.73 Å². The predicted molar refractivity (Wildman–Crippen MR) is 81.7 cm³/mol. The maximum Gasteiger partial charge on any atom is 0.220 e. The van der Waals surface area contributed by atoms with Gasteiger partial charge in [-0.05, 0) is 18.5 Å². The summed E-state index contributed by atoms with van der Waals surface area (Å²) in [6, 6.07) is 9.71. The van der Waals surface area contributed by atoms with E-state index in [4.69, 9.17) is 5.73 Å². The summed E-state index contributed by atoms with van der Waals surface area (Å²) in [4.78, 5) is 11.3. The average molecular weight is 305 g/mol. The van der Waals surface area contributed by atoms with E-state index in [0.29, 0.717) is 37.4 Å². The minimum Gasteiger partial charge on any atom is -0.355 e. The van der Waals surface area contributed by atoms with Crippen LogP contribution in [0.5, 0.6) is 0 Å². The standard InChI is InChI=1S/C13H20N2O2S.ClH/c14-8-4-7-13(16)15-9-10-18(17)11-12-5-2-1-3-6-12;/h1-3,5-6H,4,7-11,14H2,(H,15,16);1H. The lowest BCUT2D eigenvalue weighted by molar-refractivity contribution is -0.121.